The van der Waals surface area contributed by atoms with Crippen LogP contribution in [0, 0.1) is 5.92 Å². The topological polar surface area (TPSA) is 72.9 Å². The monoisotopic (exact) mass is 224 g/mol. The van der Waals surface area contributed by atoms with Crippen molar-refractivity contribution >= 4 is 5.91 Å². The van der Waals surface area contributed by atoms with Gasteiger partial charge in [0.25, 0.3) is 0 Å². The standard InChI is InChI=1S/C11H20N4O/c1-9(2)8-10(12)11(16)13-5-7-15-6-3-4-14-15/h3-4,6,9-10H,5,7-8,12H2,1-2H3,(H,13,16). The molecule has 0 aliphatic rings. The third kappa shape index (κ3) is 4.44. The van der Waals surface area contributed by atoms with Crippen LogP contribution in [-0.4, -0.2) is 28.3 Å². The molecule has 16 heavy (non-hydrogen) atoms. The number of rotatable bonds is 6. The molecule has 0 bridgehead atoms. The fraction of sp³-hybridized carbons (Fsp3) is 0.636. The number of aromatic nitrogens is 2. The molecule has 0 fully saturated rings. The Kier molecular flexibility index (Phi) is 4.98. The maximum absolute atomic E-state index is 11.5. The fourth-order valence-corrected chi connectivity index (χ4v) is 1.47. The van der Waals surface area contributed by atoms with E-state index in [1.165, 1.54) is 0 Å². The van der Waals surface area contributed by atoms with Crippen LogP contribution in [-0.2, 0) is 11.3 Å². The Hall–Kier alpha value is -1.36. The second-order valence-electron chi connectivity index (χ2n) is 4.30. The number of carbonyl (C=O) groups excluding carboxylic acids is 1. The summed E-state index contributed by atoms with van der Waals surface area (Å²) in [6.45, 7) is 5.34. The van der Waals surface area contributed by atoms with Crippen LogP contribution in [0.1, 0.15) is 20.3 Å². The Bertz CT molecular complexity index is 308. The van der Waals surface area contributed by atoms with Crippen molar-refractivity contribution in [3.8, 4) is 0 Å². The van der Waals surface area contributed by atoms with Crippen LogP contribution < -0.4 is 11.1 Å². The van der Waals surface area contributed by atoms with Gasteiger partial charge in [-0.1, -0.05) is 13.8 Å². The summed E-state index contributed by atoms with van der Waals surface area (Å²) < 4.78 is 1.77. The summed E-state index contributed by atoms with van der Waals surface area (Å²) in [7, 11) is 0. The summed E-state index contributed by atoms with van der Waals surface area (Å²) in [5, 5.41) is 6.84. The second kappa shape index (κ2) is 6.27. The maximum Gasteiger partial charge on any atom is 0.236 e. The van der Waals surface area contributed by atoms with Gasteiger partial charge in [-0.25, -0.2) is 0 Å². The lowest BCUT2D eigenvalue weighted by atomic mass is 10.0. The third-order valence-corrected chi connectivity index (χ3v) is 2.26. The highest BCUT2D eigenvalue weighted by Crippen LogP contribution is 2.02. The SMILES string of the molecule is CC(C)CC(N)C(=O)NCCn1cccn1. The Balaban J connectivity index is 2.19. The molecule has 0 spiro atoms. The zero-order chi connectivity index (χ0) is 12.0. The van der Waals surface area contributed by atoms with Crippen molar-refractivity contribution in [2.24, 2.45) is 11.7 Å². The molecule has 0 saturated carbocycles. The van der Waals surface area contributed by atoms with E-state index in [-0.39, 0.29) is 5.91 Å². The first-order valence-electron chi connectivity index (χ1n) is 5.60. The summed E-state index contributed by atoms with van der Waals surface area (Å²) in [5.74, 6) is 0.354. The van der Waals surface area contributed by atoms with Crippen molar-refractivity contribution in [2.45, 2.75) is 32.9 Å². The van der Waals surface area contributed by atoms with Gasteiger partial charge in [-0.3, -0.25) is 9.48 Å². The van der Waals surface area contributed by atoms with Crippen molar-refractivity contribution in [1.29, 1.82) is 0 Å². The molecular formula is C11H20N4O. The molecule has 1 unspecified atom stereocenters. The molecule has 5 heteroatoms. The minimum absolute atomic E-state index is 0.0825. The highest BCUT2D eigenvalue weighted by atomic mass is 16.2. The number of nitrogens with one attached hydrogen (secondary N) is 1. The lowest BCUT2D eigenvalue weighted by Crippen LogP contribution is -2.42. The van der Waals surface area contributed by atoms with Crippen molar-refractivity contribution < 1.29 is 4.79 Å². The zero-order valence-electron chi connectivity index (χ0n) is 9.89. The Morgan fingerprint density at radius 2 is 2.31 bits per heavy atom. The van der Waals surface area contributed by atoms with Crippen LogP contribution in [0.4, 0.5) is 0 Å². The molecule has 3 N–H and O–H groups in total. The summed E-state index contributed by atoms with van der Waals surface area (Å²) in [6, 6.07) is 1.45. The largest absolute Gasteiger partial charge is 0.353 e. The highest BCUT2D eigenvalue weighted by molar-refractivity contribution is 5.81. The normalized spacial score (nSPS) is 12.8. The average molecular weight is 224 g/mol. The molecule has 1 heterocycles. The summed E-state index contributed by atoms with van der Waals surface area (Å²) in [4.78, 5) is 11.5. The lowest BCUT2D eigenvalue weighted by Gasteiger charge is -2.14. The molecule has 0 aliphatic heterocycles. The van der Waals surface area contributed by atoms with Gasteiger partial charge < -0.3 is 11.1 Å². The Morgan fingerprint density at radius 1 is 1.56 bits per heavy atom. The van der Waals surface area contributed by atoms with Gasteiger partial charge in [0, 0.05) is 18.9 Å². The molecule has 1 aromatic heterocycles. The van der Waals surface area contributed by atoms with Gasteiger partial charge in [0.05, 0.1) is 12.6 Å². The van der Waals surface area contributed by atoms with E-state index in [0.29, 0.717) is 25.4 Å². The quantitative estimate of drug-likeness (QED) is 0.733. The van der Waals surface area contributed by atoms with E-state index in [1.54, 1.807) is 10.9 Å². The molecule has 1 aromatic rings. The van der Waals surface area contributed by atoms with Crippen LogP contribution in [0.5, 0.6) is 0 Å². The maximum atomic E-state index is 11.5. The second-order valence-corrected chi connectivity index (χ2v) is 4.30. The Labute approximate surface area is 96.0 Å². The molecule has 5 nitrogen and oxygen atoms in total. The smallest absolute Gasteiger partial charge is 0.236 e. The van der Waals surface area contributed by atoms with E-state index in [1.807, 2.05) is 12.3 Å². The first-order chi connectivity index (χ1) is 7.59. The van der Waals surface area contributed by atoms with Gasteiger partial charge in [0.15, 0.2) is 0 Å². The van der Waals surface area contributed by atoms with Crippen LogP contribution in [0.3, 0.4) is 0 Å². The molecule has 0 aromatic carbocycles. The number of hydrogen-bond donors (Lipinski definition) is 2. The third-order valence-electron chi connectivity index (χ3n) is 2.26. The van der Waals surface area contributed by atoms with E-state index < -0.39 is 6.04 Å². The molecule has 0 aliphatic carbocycles. The van der Waals surface area contributed by atoms with Gasteiger partial charge in [0.2, 0.25) is 5.91 Å². The van der Waals surface area contributed by atoms with Crippen LogP contribution in [0.2, 0.25) is 0 Å². The van der Waals surface area contributed by atoms with Gasteiger partial charge in [0.1, 0.15) is 0 Å². The van der Waals surface area contributed by atoms with Gasteiger partial charge >= 0.3 is 0 Å². The number of carbonyl (C=O) groups is 1. The molecule has 90 valence electrons. The van der Waals surface area contributed by atoms with Crippen molar-refractivity contribution in [3.05, 3.63) is 18.5 Å². The molecule has 0 radical (unpaired) electrons. The molecule has 1 amide bonds. The minimum Gasteiger partial charge on any atom is -0.353 e. The Morgan fingerprint density at radius 3 is 2.88 bits per heavy atom. The van der Waals surface area contributed by atoms with Crippen LogP contribution in [0.25, 0.3) is 0 Å². The van der Waals surface area contributed by atoms with Crippen molar-refractivity contribution in [2.75, 3.05) is 6.54 Å². The number of nitrogens with two attached hydrogens (primary N) is 1. The fourth-order valence-electron chi connectivity index (χ4n) is 1.47. The predicted octanol–water partition coefficient (Wildman–Crippen LogP) is 0.373. The average Bonchev–Trinajstić information content (AvgIpc) is 2.69. The van der Waals surface area contributed by atoms with Crippen molar-refractivity contribution in [1.82, 2.24) is 15.1 Å². The molecule has 1 rings (SSSR count). The summed E-state index contributed by atoms with van der Waals surface area (Å²) >= 11 is 0. The molecule has 0 saturated heterocycles. The van der Waals surface area contributed by atoms with E-state index in [9.17, 15) is 4.79 Å². The van der Waals surface area contributed by atoms with Gasteiger partial charge in [-0.05, 0) is 18.4 Å². The van der Waals surface area contributed by atoms with Crippen LogP contribution in [0.15, 0.2) is 18.5 Å². The zero-order valence-corrected chi connectivity index (χ0v) is 9.89. The summed E-state index contributed by atoms with van der Waals surface area (Å²) in [6.07, 6.45) is 4.29. The number of nitrogens with zero attached hydrogens (tertiary/aromatic N) is 2. The number of hydrogen-bond acceptors (Lipinski definition) is 3. The predicted molar refractivity (Wildman–Crippen MR) is 62.7 cm³/mol. The summed E-state index contributed by atoms with van der Waals surface area (Å²) in [5.41, 5.74) is 5.74. The van der Waals surface area contributed by atoms with E-state index in [4.69, 9.17) is 5.73 Å². The lowest BCUT2D eigenvalue weighted by molar-refractivity contribution is -0.122. The van der Waals surface area contributed by atoms with Crippen LogP contribution >= 0.6 is 0 Å². The molecular weight excluding hydrogens is 204 g/mol. The van der Waals surface area contributed by atoms with Gasteiger partial charge in [-0.15, -0.1) is 0 Å². The van der Waals surface area contributed by atoms with Crippen molar-refractivity contribution in [3.63, 3.8) is 0 Å². The van der Waals surface area contributed by atoms with E-state index in [2.05, 4.69) is 24.3 Å². The highest BCUT2D eigenvalue weighted by Gasteiger charge is 2.13. The minimum atomic E-state index is -0.405. The van der Waals surface area contributed by atoms with Gasteiger partial charge in [-0.2, -0.15) is 5.10 Å². The van der Waals surface area contributed by atoms with E-state index >= 15 is 0 Å². The first-order valence-corrected chi connectivity index (χ1v) is 5.60. The first kappa shape index (κ1) is 12.7. The number of amides is 1. The van der Waals surface area contributed by atoms with E-state index in [0.717, 1.165) is 0 Å². The molecule has 1 atom stereocenters.